The van der Waals surface area contributed by atoms with Crippen molar-refractivity contribution in [3.63, 3.8) is 0 Å². The van der Waals surface area contributed by atoms with Crippen LogP contribution in [0, 0.1) is 28.9 Å². The third-order valence-corrected chi connectivity index (χ3v) is 2.99. The van der Waals surface area contributed by atoms with E-state index in [1.54, 1.807) is 18.9 Å². The molecule has 0 fully saturated rings. The van der Waals surface area contributed by atoms with Gasteiger partial charge in [-0.15, -0.1) is 0 Å². The van der Waals surface area contributed by atoms with Crippen molar-refractivity contribution < 1.29 is 8.78 Å². The maximum Gasteiger partial charge on any atom is 0.144 e. The molecule has 1 aromatic carbocycles. The van der Waals surface area contributed by atoms with Gasteiger partial charge in [0.1, 0.15) is 11.6 Å². The largest absolute Gasteiger partial charge is 0.301 e. The molecule has 0 saturated heterocycles. The summed E-state index contributed by atoms with van der Waals surface area (Å²) in [5.41, 5.74) is 0.0204. The predicted molar refractivity (Wildman–Crippen MR) is 65.2 cm³/mol. The Hall–Kier alpha value is -0.990. The third kappa shape index (κ3) is 3.76. The number of rotatable bonds is 4. The molecule has 0 aliphatic carbocycles. The first-order chi connectivity index (χ1) is 7.95. The van der Waals surface area contributed by atoms with Gasteiger partial charge in [-0.3, -0.25) is 0 Å². The Kier molecular flexibility index (Phi) is 5.03. The van der Waals surface area contributed by atoms with Crippen LogP contribution < -0.4 is 0 Å². The summed E-state index contributed by atoms with van der Waals surface area (Å²) in [7, 11) is 1.73. The van der Waals surface area contributed by atoms with Crippen LogP contribution in [0.25, 0.3) is 0 Å². The number of hydrogen-bond donors (Lipinski definition) is 0. The van der Waals surface area contributed by atoms with Gasteiger partial charge in [-0.25, -0.2) is 8.78 Å². The Labute approximate surface area is 108 Å². The van der Waals surface area contributed by atoms with E-state index in [0.29, 0.717) is 6.54 Å². The zero-order chi connectivity index (χ0) is 13.0. The predicted octanol–water partition coefficient (Wildman–Crippen LogP) is 3.32. The van der Waals surface area contributed by atoms with Gasteiger partial charge in [-0.05, 0) is 42.0 Å². The molecule has 5 heteroatoms. The second kappa shape index (κ2) is 6.08. The van der Waals surface area contributed by atoms with Crippen LogP contribution in [0.1, 0.15) is 12.5 Å². The Morgan fingerprint density at radius 2 is 2.12 bits per heavy atom. The molecule has 0 aliphatic rings. The molecule has 1 atom stereocenters. The fourth-order valence-electron chi connectivity index (χ4n) is 1.56. The van der Waals surface area contributed by atoms with Crippen molar-refractivity contribution in [2.75, 3.05) is 13.6 Å². The van der Waals surface area contributed by atoms with Crippen LogP contribution in [0.5, 0.6) is 0 Å². The minimum absolute atomic E-state index is 0.0204. The molecule has 1 aromatic rings. The van der Waals surface area contributed by atoms with Crippen LogP contribution in [0.2, 0.25) is 0 Å². The molecule has 92 valence electrons. The van der Waals surface area contributed by atoms with Crippen molar-refractivity contribution in [3.05, 3.63) is 33.8 Å². The van der Waals surface area contributed by atoms with E-state index in [-0.39, 0.29) is 22.5 Å². The second-order valence-electron chi connectivity index (χ2n) is 4.05. The van der Waals surface area contributed by atoms with Gasteiger partial charge in [0.2, 0.25) is 0 Å². The lowest BCUT2D eigenvalue weighted by Gasteiger charge is -2.18. The molecule has 0 radical (unpaired) electrons. The van der Waals surface area contributed by atoms with Gasteiger partial charge < -0.3 is 4.90 Å². The summed E-state index contributed by atoms with van der Waals surface area (Å²) in [5, 5.41) is 8.67. The van der Waals surface area contributed by atoms with E-state index < -0.39 is 11.6 Å². The summed E-state index contributed by atoms with van der Waals surface area (Å²) in [6, 6.07) is 4.65. The van der Waals surface area contributed by atoms with E-state index in [1.165, 1.54) is 12.1 Å². The molecule has 1 rings (SSSR count). The minimum Gasteiger partial charge on any atom is -0.301 e. The van der Waals surface area contributed by atoms with Gasteiger partial charge in [0.05, 0.1) is 16.5 Å². The highest BCUT2D eigenvalue weighted by Crippen LogP contribution is 2.22. The van der Waals surface area contributed by atoms with Gasteiger partial charge in [0.15, 0.2) is 0 Å². The summed E-state index contributed by atoms with van der Waals surface area (Å²) in [6.45, 7) is 2.38. The summed E-state index contributed by atoms with van der Waals surface area (Å²) >= 11 is 3.02. The van der Waals surface area contributed by atoms with Crippen LogP contribution >= 0.6 is 15.9 Å². The Balaban J connectivity index is 2.82. The molecule has 0 spiro atoms. The number of hydrogen-bond acceptors (Lipinski definition) is 2. The topological polar surface area (TPSA) is 27.0 Å². The van der Waals surface area contributed by atoms with E-state index in [4.69, 9.17) is 5.26 Å². The molecule has 0 aromatic heterocycles. The summed E-state index contributed by atoms with van der Waals surface area (Å²) in [5.74, 6) is -1.32. The number of benzene rings is 1. The normalized spacial score (nSPS) is 12.5. The SMILES string of the molecule is CC(C#N)CN(C)Cc1c(F)ccc(Br)c1F. The number of nitrogens with zero attached hydrogens (tertiary/aromatic N) is 2. The molecule has 0 bridgehead atoms. The van der Waals surface area contributed by atoms with Crippen molar-refractivity contribution in [1.82, 2.24) is 4.90 Å². The van der Waals surface area contributed by atoms with Gasteiger partial charge in [-0.1, -0.05) is 0 Å². The zero-order valence-corrected chi connectivity index (χ0v) is 11.3. The molecule has 0 amide bonds. The lowest BCUT2D eigenvalue weighted by molar-refractivity contribution is 0.293. The first-order valence-corrected chi connectivity index (χ1v) is 5.95. The number of halogens is 3. The maximum absolute atomic E-state index is 13.7. The van der Waals surface area contributed by atoms with Crippen LogP contribution in [0.15, 0.2) is 16.6 Å². The second-order valence-corrected chi connectivity index (χ2v) is 4.90. The Morgan fingerprint density at radius 3 is 2.71 bits per heavy atom. The van der Waals surface area contributed by atoms with E-state index >= 15 is 0 Å². The first kappa shape index (κ1) is 14.1. The minimum atomic E-state index is -0.582. The van der Waals surface area contributed by atoms with Crippen molar-refractivity contribution in [2.24, 2.45) is 5.92 Å². The van der Waals surface area contributed by atoms with Gasteiger partial charge in [0.25, 0.3) is 0 Å². The van der Waals surface area contributed by atoms with Crippen LogP contribution in [-0.4, -0.2) is 18.5 Å². The van der Waals surface area contributed by atoms with Crippen LogP contribution in [0.3, 0.4) is 0 Å². The lowest BCUT2D eigenvalue weighted by atomic mass is 10.1. The van der Waals surface area contributed by atoms with E-state index in [2.05, 4.69) is 22.0 Å². The maximum atomic E-state index is 13.7. The highest BCUT2D eigenvalue weighted by Gasteiger charge is 2.15. The summed E-state index contributed by atoms with van der Waals surface area (Å²) in [6.07, 6.45) is 0. The van der Waals surface area contributed by atoms with Crippen LogP contribution in [0.4, 0.5) is 8.78 Å². The molecular formula is C12H13BrF2N2. The highest BCUT2D eigenvalue weighted by atomic mass is 79.9. The van der Waals surface area contributed by atoms with Crippen molar-refractivity contribution in [3.8, 4) is 6.07 Å². The van der Waals surface area contributed by atoms with E-state index in [0.717, 1.165) is 0 Å². The summed E-state index contributed by atoms with van der Waals surface area (Å²) < 4.78 is 27.4. The lowest BCUT2D eigenvalue weighted by Crippen LogP contribution is -2.24. The average molecular weight is 303 g/mol. The van der Waals surface area contributed by atoms with Crippen molar-refractivity contribution in [1.29, 1.82) is 5.26 Å². The molecule has 2 nitrogen and oxygen atoms in total. The quantitative estimate of drug-likeness (QED) is 0.798. The van der Waals surface area contributed by atoms with Crippen LogP contribution in [-0.2, 0) is 6.54 Å². The smallest absolute Gasteiger partial charge is 0.144 e. The molecule has 0 saturated carbocycles. The molecule has 0 N–H and O–H groups in total. The van der Waals surface area contributed by atoms with Crippen molar-refractivity contribution >= 4 is 15.9 Å². The molecule has 0 heterocycles. The molecule has 17 heavy (non-hydrogen) atoms. The van der Waals surface area contributed by atoms with E-state index in [1.807, 2.05) is 0 Å². The molecular weight excluding hydrogens is 290 g/mol. The fourth-order valence-corrected chi connectivity index (χ4v) is 1.93. The zero-order valence-electron chi connectivity index (χ0n) is 9.67. The first-order valence-electron chi connectivity index (χ1n) is 5.16. The Bertz CT molecular complexity index is 443. The van der Waals surface area contributed by atoms with Gasteiger partial charge in [-0.2, -0.15) is 5.26 Å². The average Bonchev–Trinajstić information content (AvgIpc) is 2.29. The molecule has 1 unspecified atom stereocenters. The van der Waals surface area contributed by atoms with E-state index in [9.17, 15) is 8.78 Å². The Morgan fingerprint density at radius 1 is 1.47 bits per heavy atom. The fraction of sp³-hybridized carbons (Fsp3) is 0.417. The van der Waals surface area contributed by atoms with Gasteiger partial charge in [0, 0.05) is 18.7 Å². The van der Waals surface area contributed by atoms with Crippen molar-refractivity contribution in [2.45, 2.75) is 13.5 Å². The van der Waals surface area contributed by atoms with Gasteiger partial charge >= 0.3 is 0 Å². The highest BCUT2D eigenvalue weighted by molar-refractivity contribution is 9.10. The third-order valence-electron chi connectivity index (χ3n) is 2.37. The number of nitriles is 1. The standard InChI is InChI=1S/C12H13BrF2N2/c1-8(5-16)6-17(2)7-9-11(14)4-3-10(13)12(9)15/h3-4,8H,6-7H2,1-2H3. The monoisotopic (exact) mass is 302 g/mol. The summed E-state index contributed by atoms with van der Waals surface area (Å²) in [4.78, 5) is 1.72. The molecule has 0 aliphatic heterocycles.